The maximum atomic E-state index is 11.0. The standard InChI is InChI=1S/C19H21ClN4O4S2/c20-14-3-1-11(2-4-14)7-22-19-18-17(23-10-24-19)15(9-29-18)12-5-13(16(25)6-12)8-28-30(21,26)27/h1-4,9-10,12-13,16,25H,5-8H2,(H2,21,26,27)(H,22,23,24). The molecule has 3 atom stereocenters. The number of aliphatic hydroxyl groups excluding tert-OH is 1. The summed E-state index contributed by atoms with van der Waals surface area (Å²) in [7, 11) is -4.02. The van der Waals surface area contributed by atoms with Crippen LogP contribution < -0.4 is 10.5 Å². The summed E-state index contributed by atoms with van der Waals surface area (Å²) in [6, 6.07) is 7.60. The topological polar surface area (TPSA) is 127 Å². The molecule has 2 heterocycles. The van der Waals surface area contributed by atoms with E-state index in [1.165, 1.54) is 6.33 Å². The monoisotopic (exact) mass is 468 g/mol. The van der Waals surface area contributed by atoms with E-state index in [2.05, 4.69) is 19.5 Å². The van der Waals surface area contributed by atoms with Crippen molar-refractivity contribution < 1.29 is 17.7 Å². The van der Waals surface area contributed by atoms with Crippen LogP contribution in [0.3, 0.4) is 0 Å². The zero-order valence-corrected chi connectivity index (χ0v) is 18.3. The van der Waals surface area contributed by atoms with Gasteiger partial charge in [-0.1, -0.05) is 23.7 Å². The van der Waals surface area contributed by atoms with Crippen LogP contribution in [0.25, 0.3) is 10.2 Å². The summed E-state index contributed by atoms with van der Waals surface area (Å²) >= 11 is 7.48. The maximum Gasteiger partial charge on any atom is 0.333 e. The number of hydrogen-bond acceptors (Lipinski definition) is 8. The van der Waals surface area contributed by atoms with E-state index in [1.807, 2.05) is 29.6 Å². The molecule has 1 aliphatic carbocycles. The fourth-order valence-corrected chi connectivity index (χ4v) is 5.35. The summed E-state index contributed by atoms with van der Waals surface area (Å²) < 4.78 is 27.7. The molecule has 1 aliphatic rings. The predicted molar refractivity (Wildman–Crippen MR) is 117 cm³/mol. The number of nitrogens with zero attached hydrogens (tertiary/aromatic N) is 2. The van der Waals surface area contributed by atoms with Gasteiger partial charge in [0.05, 0.1) is 22.9 Å². The lowest BCUT2D eigenvalue weighted by Gasteiger charge is -2.12. The number of halogens is 1. The smallest absolute Gasteiger partial charge is 0.333 e. The van der Waals surface area contributed by atoms with Gasteiger partial charge in [-0.3, -0.25) is 4.18 Å². The van der Waals surface area contributed by atoms with Gasteiger partial charge in [-0.05, 0) is 47.4 Å². The minimum absolute atomic E-state index is 0.0573. The molecule has 0 radical (unpaired) electrons. The second-order valence-corrected chi connectivity index (χ2v) is 9.88. The van der Waals surface area contributed by atoms with Crippen molar-refractivity contribution >= 4 is 49.3 Å². The maximum absolute atomic E-state index is 11.0. The van der Waals surface area contributed by atoms with Gasteiger partial charge < -0.3 is 10.4 Å². The normalized spacial score (nSPS) is 21.9. The molecule has 2 aromatic heterocycles. The molecule has 4 N–H and O–H groups in total. The third-order valence-electron chi connectivity index (χ3n) is 5.30. The van der Waals surface area contributed by atoms with E-state index in [9.17, 15) is 13.5 Å². The van der Waals surface area contributed by atoms with Crippen molar-refractivity contribution in [3.05, 3.63) is 52.1 Å². The van der Waals surface area contributed by atoms with Crippen LogP contribution in [-0.4, -0.2) is 36.2 Å². The summed E-state index contributed by atoms with van der Waals surface area (Å²) in [6.07, 6.45) is 1.98. The van der Waals surface area contributed by atoms with Crippen LogP contribution in [0, 0.1) is 5.92 Å². The molecule has 8 nitrogen and oxygen atoms in total. The quantitative estimate of drug-likeness (QED) is 0.486. The van der Waals surface area contributed by atoms with Gasteiger partial charge in [-0.2, -0.15) is 8.42 Å². The van der Waals surface area contributed by atoms with Gasteiger partial charge in [0.25, 0.3) is 0 Å². The van der Waals surface area contributed by atoms with E-state index in [0.717, 1.165) is 27.2 Å². The molecule has 1 fully saturated rings. The Morgan fingerprint density at radius 2 is 2.03 bits per heavy atom. The highest BCUT2D eigenvalue weighted by atomic mass is 35.5. The van der Waals surface area contributed by atoms with E-state index in [-0.39, 0.29) is 18.4 Å². The van der Waals surface area contributed by atoms with Crippen molar-refractivity contribution in [3.8, 4) is 0 Å². The average Bonchev–Trinajstić information content (AvgIpc) is 3.29. The van der Waals surface area contributed by atoms with Crippen LogP contribution in [0.2, 0.25) is 5.02 Å². The molecule has 4 rings (SSSR count). The Kier molecular flexibility index (Phi) is 6.24. The fourth-order valence-electron chi connectivity index (χ4n) is 3.79. The summed E-state index contributed by atoms with van der Waals surface area (Å²) in [6.45, 7) is 0.479. The van der Waals surface area contributed by atoms with Gasteiger partial charge in [0.2, 0.25) is 0 Å². The second kappa shape index (κ2) is 8.74. The minimum Gasteiger partial charge on any atom is -0.393 e. The van der Waals surface area contributed by atoms with E-state index in [0.29, 0.717) is 24.4 Å². The first-order valence-electron chi connectivity index (χ1n) is 9.36. The first kappa shape index (κ1) is 21.4. The molecule has 160 valence electrons. The van der Waals surface area contributed by atoms with Gasteiger partial charge in [0, 0.05) is 17.5 Å². The van der Waals surface area contributed by atoms with Crippen LogP contribution in [0.5, 0.6) is 0 Å². The fraction of sp³-hybridized carbons (Fsp3) is 0.368. The highest BCUT2D eigenvalue weighted by molar-refractivity contribution is 7.84. The number of aliphatic hydroxyl groups is 1. The number of benzene rings is 1. The summed E-state index contributed by atoms with van der Waals surface area (Å²) in [4.78, 5) is 8.84. The molecular weight excluding hydrogens is 448 g/mol. The number of nitrogens with two attached hydrogens (primary N) is 1. The highest BCUT2D eigenvalue weighted by Gasteiger charge is 2.36. The van der Waals surface area contributed by atoms with E-state index < -0.39 is 16.4 Å². The van der Waals surface area contributed by atoms with Crippen LogP contribution in [0.15, 0.2) is 36.0 Å². The molecule has 3 unspecified atom stereocenters. The lowest BCUT2D eigenvalue weighted by molar-refractivity contribution is 0.101. The molecule has 11 heteroatoms. The van der Waals surface area contributed by atoms with Crippen molar-refractivity contribution in [1.82, 2.24) is 9.97 Å². The highest BCUT2D eigenvalue weighted by Crippen LogP contribution is 2.43. The Bertz CT molecular complexity index is 1140. The summed E-state index contributed by atoms with van der Waals surface area (Å²) in [5, 5.41) is 21.3. The van der Waals surface area contributed by atoms with Gasteiger partial charge >= 0.3 is 10.3 Å². The minimum atomic E-state index is -4.02. The number of fused-ring (bicyclic) bond motifs is 1. The van der Waals surface area contributed by atoms with Crippen molar-refractivity contribution in [3.63, 3.8) is 0 Å². The molecule has 0 spiro atoms. The average molecular weight is 469 g/mol. The Balaban J connectivity index is 1.49. The predicted octanol–water partition coefficient (Wildman–Crippen LogP) is 3.03. The van der Waals surface area contributed by atoms with Crippen LogP contribution in [0.1, 0.15) is 29.9 Å². The van der Waals surface area contributed by atoms with Crippen LogP contribution in [0.4, 0.5) is 5.82 Å². The Morgan fingerprint density at radius 3 is 2.77 bits per heavy atom. The van der Waals surface area contributed by atoms with Crippen LogP contribution >= 0.6 is 22.9 Å². The van der Waals surface area contributed by atoms with Crippen molar-refractivity contribution in [2.45, 2.75) is 31.4 Å². The third-order valence-corrected chi connectivity index (χ3v) is 7.01. The molecule has 0 aliphatic heterocycles. The Labute approximate surface area is 183 Å². The summed E-state index contributed by atoms with van der Waals surface area (Å²) in [5.41, 5.74) is 2.96. The lowest BCUT2D eigenvalue weighted by Crippen LogP contribution is -2.24. The molecule has 30 heavy (non-hydrogen) atoms. The van der Waals surface area contributed by atoms with Crippen LogP contribution in [-0.2, 0) is 21.0 Å². The molecule has 0 amide bonds. The SMILES string of the molecule is NS(=O)(=O)OCC1CC(c2csc3c(NCc4ccc(Cl)cc4)ncnc23)CC1O. The second-order valence-electron chi connectivity index (χ2n) is 7.34. The van der Waals surface area contributed by atoms with Gasteiger partial charge in [-0.15, -0.1) is 11.3 Å². The van der Waals surface area contributed by atoms with E-state index in [1.54, 1.807) is 11.3 Å². The van der Waals surface area contributed by atoms with Gasteiger partial charge in [0.1, 0.15) is 12.1 Å². The van der Waals surface area contributed by atoms with Crippen molar-refractivity contribution in [2.24, 2.45) is 11.1 Å². The first-order valence-corrected chi connectivity index (χ1v) is 12.1. The number of nitrogens with one attached hydrogen (secondary N) is 1. The zero-order chi connectivity index (χ0) is 21.3. The Morgan fingerprint density at radius 1 is 1.27 bits per heavy atom. The largest absolute Gasteiger partial charge is 0.393 e. The molecule has 3 aromatic rings. The lowest BCUT2D eigenvalue weighted by atomic mass is 9.98. The Hall–Kier alpha value is -1.82. The van der Waals surface area contributed by atoms with Crippen molar-refractivity contribution in [1.29, 1.82) is 0 Å². The number of aromatic nitrogens is 2. The van der Waals surface area contributed by atoms with Gasteiger partial charge in [-0.25, -0.2) is 15.1 Å². The summed E-state index contributed by atoms with van der Waals surface area (Å²) in [5.74, 6) is 0.508. The first-order chi connectivity index (χ1) is 14.3. The molecule has 1 aromatic carbocycles. The zero-order valence-electron chi connectivity index (χ0n) is 15.9. The molecule has 0 saturated heterocycles. The molecular formula is C19H21ClN4O4S2. The molecule has 1 saturated carbocycles. The third kappa shape index (κ3) is 4.90. The number of rotatable bonds is 7. The number of thiophene rings is 1. The van der Waals surface area contributed by atoms with E-state index >= 15 is 0 Å². The van der Waals surface area contributed by atoms with Crippen molar-refractivity contribution in [2.75, 3.05) is 11.9 Å². The van der Waals surface area contributed by atoms with E-state index in [4.69, 9.17) is 16.7 Å². The number of anilines is 1. The molecule has 0 bridgehead atoms. The number of hydrogen-bond donors (Lipinski definition) is 3. The van der Waals surface area contributed by atoms with Gasteiger partial charge in [0.15, 0.2) is 0 Å².